The standard InChI is InChI=1S/C20H24N6O/c27-19(8-10-26-15-21-14-23-26)25-9-4-7-17(13-25)20-18(12-22-24-20)11-16-5-2-1-3-6-16/h1-3,5-6,12,14-15,17H,4,7-11,13H2,(H,22,24)/t17-/m1/s1. The summed E-state index contributed by atoms with van der Waals surface area (Å²) in [5, 5.41) is 11.5. The molecule has 4 rings (SSSR count). The van der Waals surface area contributed by atoms with Gasteiger partial charge in [0.15, 0.2) is 0 Å². The fourth-order valence-electron chi connectivity index (χ4n) is 3.79. The molecule has 1 saturated heterocycles. The number of likely N-dealkylation sites (tertiary alicyclic amines) is 1. The van der Waals surface area contributed by atoms with Crippen molar-refractivity contribution in [2.75, 3.05) is 13.1 Å². The van der Waals surface area contributed by atoms with Gasteiger partial charge in [-0.2, -0.15) is 10.2 Å². The quantitative estimate of drug-likeness (QED) is 0.728. The molecule has 1 aliphatic rings. The molecule has 1 amide bonds. The molecule has 3 aromatic rings. The van der Waals surface area contributed by atoms with Gasteiger partial charge in [-0.1, -0.05) is 30.3 Å². The summed E-state index contributed by atoms with van der Waals surface area (Å²) in [6.07, 6.45) is 8.48. The summed E-state index contributed by atoms with van der Waals surface area (Å²) in [5.74, 6) is 0.495. The van der Waals surface area contributed by atoms with Crippen LogP contribution < -0.4 is 0 Å². The molecular weight excluding hydrogens is 340 g/mol. The van der Waals surface area contributed by atoms with Crippen molar-refractivity contribution in [3.63, 3.8) is 0 Å². The highest BCUT2D eigenvalue weighted by molar-refractivity contribution is 5.76. The number of carbonyl (C=O) groups excluding carboxylic acids is 1. The van der Waals surface area contributed by atoms with Gasteiger partial charge in [0.1, 0.15) is 12.7 Å². The van der Waals surface area contributed by atoms with Crippen molar-refractivity contribution in [3.8, 4) is 0 Å². The number of nitrogens with one attached hydrogen (secondary N) is 1. The Morgan fingerprint density at radius 2 is 2.15 bits per heavy atom. The van der Waals surface area contributed by atoms with Gasteiger partial charge in [-0.05, 0) is 24.0 Å². The van der Waals surface area contributed by atoms with Crippen LogP contribution in [0.15, 0.2) is 49.2 Å². The SMILES string of the molecule is O=C(CCn1cncn1)N1CCC[C@@H](c2[nH]ncc2Cc2ccccc2)C1. The maximum atomic E-state index is 12.6. The molecule has 27 heavy (non-hydrogen) atoms. The van der Waals surface area contributed by atoms with Crippen molar-refractivity contribution >= 4 is 5.91 Å². The van der Waals surface area contributed by atoms with Crippen LogP contribution in [0.5, 0.6) is 0 Å². The van der Waals surface area contributed by atoms with Gasteiger partial charge in [-0.15, -0.1) is 0 Å². The molecule has 0 unspecified atom stereocenters. The van der Waals surface area contributed by atoms with E-state index >= 15 is 0 Å². The first-order valence-corrected chi connectivity index (χ1v) is 9.46. The highest BCUT2D eigenvalue weighted by Gasteiger charge is 2.27. The van der Waals surface area contributed by atoms with Crippen LogP contribution in [0.1, 0.15) is 42.0 Å². The van der Waals surface area contributed by atoms with Crippen molar-refractivity contribution in [3.05, 3.63) is 66.0 Å². The van der Waals surface area contributed by atoms with Gasteiger partial charge in [0.2, 0.25) is 5.91 Å². The minimum absolute atomic E-state index is 0.180. The van der Waals surface area contributed by atoms with E-state index in [1.54, 1.807) is 11.0 Å². The van der Waals surface area contributed by atoms with Crippen LogP contribution in [0.3, 0.4) is 0 Å². The Labute approximate surface area is 158 Å². The lowest BCUT2D eigenvalue weighted by molar-refractivity contribution is -0.132. The fourth-order valence-corrected chi connectivity index (χ4v) is 3.79. The van der Waals surface area contributed by atoms with E-state index in [2.05, 4.69) is 44.5 Å². The zero-order valence-corrected chi connectivity index (χ0v) is 15.3. The predicted molar refractivity (Wildman–Crippen MR) is 101 cm³/mol. The molecule has 0 aliphatic carbocycles. The van der Waals surface area contributed by atoms with Crippen molar-refractivity contribution < 1.29 is 4.79 Å². The molecule has 0 bridgehead atoms. The second-order valence-corrected chi connectivity index (χ2v) is 7.06. The molecule has 0 radical (unpaired) electrons. The lowest BCUT2D eigenvalue weighted by Crippen LogP contribution is -2.39. The summed E-state index contributed by atoms with van der Waals surface area (Å²) in [6, 6.07) is 10.4. The highest BCUT2D eigenvalue weighted by atomic mass is 16.2. The minimum Gasteiger partial charge on any atom is -0.342 e. The zero-order chi connectivity index (χ0) is 18.5. The molecule has 0 saturated carbocycles. The van der Waals surface area contributed by atoms with Gasteiger partial charge in [0.25, 0.3) is 0 Å². The van der Waals surface area contributed by atoms with Gasteiger partial charge in [0.05, 0.1) is 12.7 Å². The zero-order valence-electron chi connectivity index (χ0n) is 15.3. The summed E-state index contributed by atoms with van der Waals surface area (Å²) in [4.78, 5) is 18.5. The third-order valence-corrected chi connectivity index (χ3v) is 5.19. The van der Waals surface area contributed by atoms with Crippen LogP contribution >= 0.6 is 0 Å². The summed E-state index contributed by atoms with van der Waals surface area (Å²) < 4.78 is 1.70. The third-order valence-electron chi connectivity index (χ3n) is 5.19. The number of carbonyl (C=O) groups is 1. The van der Waals surface area contributed by atoms with E-state index in [-0.39, 0.29) is 5.91 Å². The maximum Gasteiger partial charge on any atom is 0.224 e. The average Bonchev–Trinajstić information content (AvgIpc) is 3.39. The number of aromatic nitrogens is 5. The normalized spacial score (nSPS) is 17.2. The van der Waals surface area contributed by atoms with E-state index in [0.29, 0.717) is 18.9 Å². The van der Waals surface area contributed by atoms with E-state index in [0.717, 1.165) is 32.4 Å². The van der Waals surface area contributed by atoms with Gasteiger partial charge >= 0.3 is 0 Å². The molecule has 1 fully saturated rings. The summed E-state index contributed by atoms with van der Waals surface area (Å²) in [7, 11) is 0. The van der Waals surface area contributed by atoms with Gasteiger partial charge in [-0.25, -0.2) is 4.98 Å². The van der Waals surface area contributed by atoms with E-state index in [1.807, 2.05) is 17.2 Å². The Hall–Kier alpha value is -2.96. The topological polar surface area (TPSA) is 79.7 Å². The molecule has 2 aromatic heterocycles. The van der Waals surface area contributed by atoms with Crippen LogP contribution in [-0.4, -0.2) is 48.9 Å². The third kappa shape index (κ3) is 4.24. The molecular formula is C20H24N6O. The van der Waals surface area contributed by atoms with Gasteiger partial charge < -0.3 is 4.90 Å². The van der Waals surface area contributed by atoms with Gasteiger partial charge in [-0.3, -0.25) is 14.6 Å². The Kier molecular flexibility index (Phi) is 5.27. The number of benzene rings is 1. The number of aromatic amines is 1. The van der Waals surface area contributed by atoms with E-state index < -0.39 is 0 Å². The molecule has 1 aromatic carbocycles. The number of hydrogen-bond acceptors (Lipinski definition) is 4. The highest BCUT2D eigenvalue weighted by Crippen LogP contribution is 2.29. The van der Waals surface area contributed by atoms with Crippen LogP contribution in [-0.2, 0) is 17.8 Å². The number of nitrogens with zero attached hydrogens (tertiary/aromatic N) is 5. The van der Waals surface area contributed by atoms with E-state index in [9.17, 15) is 4.79 Å². The monoisotopic (exact) mass is 364 g/mol. The van der Waals surface area contributed by atoms with Crippen molar-refractivity contribution in [1.29, 1.82) is 0 Å². The number of hydrogen-bond donors (Lipinski definition) is 1. The lowest BCUT2D eigenvalue weighted by Gasteiger charge is -2.33. The molecule has 7 heteroatoms. The molecule has 0 spiro atoms. The molecule has 1 N–H and O–H groups in total. The van der Waals surface area contributed by atoms with E-state index in [4.69, 9.17) is 0 Å². The number of piperidine rings is 1. The van der Waals surface area contributed by atoms with Crippen LogP contribution in [0.4, 0.5) is 0 Å². The largest absolute Gasteiger partial charge is 0.342 e. The molecule has 7 nitrogen and oxygen atoms in total. The molecule has 3 heterocycles. The Morgan fingerprint density at radius 1 is 1.26 bits per heavy atom. The number of rotatable bonds is 6. The Balaban J connectivity index is 1.40. The lowest BCUT2D eigenvalue weighted by atomic mass is 9.90. The number of H-pyrrole nitrogens is 1. The molecule has 1 atom stereocenters. The first-order valence-electron chi connectivity index (χ1n) is 9.46. The summed E-state index contributed by atoms with van der Waals surface area (Å²) >= 11 is 0. The smallest absolute Gasteiger partial charge is 0.224 e. The molecule has 1 aliphatic heterocycles. The van der Waals surface area contributed by atoms with E-state index in [1.165, 1.54) is 23.1 Å². The second-order valence-electron chi connectivity index (χ2n) is 7.06. The first kappa shape index (κ1) is 17.5. The Morgan fingerprint density at radius 3 is 2.96 bits per heavy atom. The van der Waals surface area contributed by atoms with Crippen LogP contribution in [0.2, 0.25) is 0 Å². The Bertz CT molecular complexity index is 858. The number of aryl methyl sites for hydroxylation is 1. The fraction of sp³-hybridized carbons (Fsp3) is 0.400. The van der Waals surface area contributed by atoms with Crippen molar-refractivity contribution in [1.82, 2.24) is 29.9 Å². The van der Waals surface area contributed by atoms with Crippen LogP contribution in [0, 0.1) is 0 Å². The predicted octanol–water partition coefficient (Wildman–Crippen LogP) is 2.39. The number of amides is 1. The van der Waals surface area contributed by atoms with Crippen molar-refractivity contribution in [2.24, 2.45) is 0 Å². The van der Waals surface area contributed by atoms with Crippen molar-refractivity contribution in [2.45, 2.75) is 38.1 Å². The summed E-state index contributed by atoms with van der Waals surface area (Å²) in [5.41, 5.74) is 3.67. The summed E-state index contributed by atoms with van der Waals surface area (Å²) in [6.45, 7) is 2.15. The second kappa shape index (κ2) is 8.16. The first-order chi connectivity index (χ1) is 13.3. The van der Waals surface area contributed by atoms with Gasteiger partial charge in [0, 0.05) is 37.5 Å². The molecule has 140 valence electrons. The minimum atomic E-state index is 0.180. The van der Waals surface area contributed by atoms with Crippen LogP contribution in [0.25, 0.3) is 0 Å². The maximum absolute atomic E-state index is 12.6. The average molecular weight is 364 g/mol.